The Balaban J connectivity index is 2.65. The molecule has 0 fully saturated rings. The lowest BCUT2D eigenvalue weighted by atomic mass is 10.1. The Morgan fingerprint density at radius 3 is 3.00 bits per heavy atom. The first-order chi connectivity index (χ1) is 7.77. The third-order valence-electron chi connectivity index (χ3n) is 2.48. The van der Waals surface area contributed by atoms with Gasteiger partial charge in [-0.1, -0.05) is 31.7 Å². The summed E-state index contributed by atoms with van der Waals surface area (Å²) in [6, 6.07) is 5.82. The van der Waals surface area contributed by atoms with Gasteiger partial charge in [-0.2, -0.15) is 0 Å². The molecule has 0 saturated heterocycles. The largest absolute Gasteiger partial charge is 0.383 e. The molecule has 3 nitrogen and oxygen atoms in total. The number of nitrogens with zero attached hydrogens (tertiary/aromatic N) is 2. The summed E-state index contributed by atoms with van der Waals surface area (Å²) < 4.78 is 1.88. The molecule has 0 unspecified atom stereocenters. The van der Waals surface area contributed by atoms with Gasteiger partial charge in [-0.3, -0.25) is 4.40 Å². The maximum atomic E-state index is 6.06. The van der Waals surface area contributed by atoms with Crippen molar-refractivity contribution in [1.29, 1.82) is 0 Å². The van der Waals surface area contributed by atoms with Gasteiger partial charge < -0.3 is 5.73 Å². The van der Waals surface area contributed by atoms with Gasteiger partial charge in [0.2, 0.25) is 0 Å². The zero-order valence-electron chi connectivity index (χ0n) is 9.35. The van der Waals surface area contributed by atoms with Gasteiger partial charge in [0, 0.05) is 6.20 Å². The Hall–Kier alpha value is -2.03. The highest BCUT2D eigenvalue weighted by Gasteiger charge is 2.10. The van der Waals surface area contributed by atoms with Gasteiger partial charge in [-0.15, -0.1) is 0 Å². The second kappa shape index (κ2) is 4.23. The highest BCUT2D eigenvalue weighted by Crippen LogP contribution is 2.23. The summed E-state index contributed by atoms with van der Waals surface area (Å²) in [7, 11) is 0. The lowest BCUT2D eigenvalue weighted by Gasteiger charge is -1.99. The summed E-state index contributed by atoms with van der Waals surface area (Å²) in [6.45, 7) is 5.87. The van der Waals surface area contributed by atoms with Crippen molar-refractivity contribution in [3.8, 4) is 0 Å². The third-order valence-corrected chi connectivity index (χ3v) is 2.48. The Labute approximate surface area is 94.9 Å². The quantitative estimate of drug-likeness (QED) is 0.797. The van der Waals surface area contributed by atoms with E-state index in [1.54, 1.807) is 6.08 Å². The zero-order valence-corrected chi connectivity index (χ0v) is 9.35. The number of anilines is 1. The van der Waals surface area contributed by atoms with E-state index in [2.05, 4.69) is 24.6 Å². The summed E-state index contributed by atoms with van der Waals surface area (Å²) in [5, 5.41) is 0. The molecule has 2 heterocycles. The highest BCUT2D eigenvalue weighted by atomic mass is 15.1. The molecule has 0 radical (unpaired) electrons. The third kappa shape index (κ3) is 1.60. The van der Waals surface area contributed by atoms with Crippen molar-refractivity contribution in [1.82, 2.24) is 9.38 Å². The number of nitrogens with two attached hydrogens (primary N) is 1. The molecule has 2 aromatic rings. The van der Waals surface area contributed by atoms with Gasteiger partial charge >= 0.3 is 0 Å². The number of hydrogen-bond donors (Lipinski definition) is 1. The van der Waals surface area contributed by atoms with Crippen LogP contribution < -0.4 is 5.73 Å². The molecule has 0 aliphatic rings. The van der Waals surface area contributed by atoms with Gasteiger partial charge in [0.25, 0.3) is 0 Å². The Morgan fingerprint density at radius 1 is 1.56 bits per heavy atom. The number of hydrogen-bond acceptors (Lipinski definition) is 2. The van der Waals surface area contributed by atoms with E-state index >= 15 is 0 Å². The molecule has 0 amide bonds. The number of fused-ring (bicyclic) bond motifs is 1. The van der Waals surface area contributed by atoms with Crippen LogP contribution in [0.5, 0.6) is 0 Å². The number of rotatable bonds is 3. The second-order valence-electron chi connectivity index (χ2n) is 3.55. The molecule has 0 aliphatic heterocycles. The molecule has 0 atom stereocenters. The Kier molecular flexibility index (Phi) is 2.77. The number of imidazole rings is 1. The van der Waals surface area contributed by atoms with Crippen LogP contribution in [0.3, 0.4) is 0 Å². The zero-order chi connectivity index (χ0) is 11.5. The SMILES string of the molecule is C=C/C(=C\CC)c1nc2ccccn2c1N. The predicted molar refractivity (Wildman–Crippen MR) is 68.1 cm³/mol. The van der Waals surface area contributed by atoms with Crippen LogP contribution in [-0.2, 0) is 0 Å². The molecule has 16 heavy (non-hydrogen) atoms. The van der Waals surface area contributed by atoms with Crippen molar-refractivity contribution in [2.75, 3.05) is 5.73 Å². The molecule has 3 heteroatoms. The van der Waals surface area contributed by atoms with Crippen LogP contribution in [0.25, 0.3) is 11.2 Å². The maximum absolute atomic E-state index is 6.06. The molecule has 2 N–H and O–H groups in total. The van der Waals surface area contributed by atoms with Gasteiger partial charge in [-0.25, -0.2) is 4.98 Å². The fourth-order valence-corrected chi connectivity index (χ4v) is 1.72. The molecule has 0 aliphatic carbocycles. The van der Waals surface area contributed by atoms with Gasteiger partial charge in [-0.05, 0) is 24.1 Å². The molecule has 2 rings (SSSR count). The molecule has 0 saturated carbocycles. The predicted octanol–water partition coefficient (Wildman–Crippen LogP) is 2.90. The van der Waals surface area contributed by atoms with Crippen LogP contribution >= 0.6 is 0 Å². The highest BCUT2D eigenvalue weighted by molar-refractivity contribution is 5.79. The van der Waals surface area contributed by atoms with E-state index in [0.717, 1.165) is 23.3 Å². The molecule has 0 spiro atoms. The summed E-state index contributed by atoms with van der Waals surface area (Å²) in [6.07, 6.45) is 6.72. The van der Waals surface area contributed by atoms with E-state index < -0.39 is 0 Å². The first kappa shape index (κ1) is 10.5. The summed E-state index contributed by atoms with van der Waals surface area (Å²) in [4.78, 5) is 4.50. The number of nitrogen functional groups attached to an aromatic ring is 1. The summed E-state index contributed by atoms with van der Waals surface area (Å²) in [5.74, 6) is 0.662. The monoisotopic (exact) mass is 213 g/mol. The minimum absolute atomic E-state index is 0.662. The van der Waals surface area contributed by atoms with Crippen LogP contribution in [-0.4, -0.2) is 9.38 Å². The van der Waals surface area contributed by atoms with Crippen LogP contribution in [0.15, 0.2) is 43.1 Å². The average Bonchev–Trinajstić information content (AvgIpc) is 2.64. The Morgan fingerprint density at radius 2 is 2.38 bits per heavy atom. The van der Waals surface area contributed by atoms with Crippen LogP contribution in [0.1, 0.15) is 19.0 Å². The van der Waals surface area contributed by atoms with E-state index in [4.69, 9.17) is 5.73 Å². The molecular formula is C13H15N3. The molecule has 2 aromatic heterocycles. The summed E-state index contributed by atoms with van der Waals surface area (Å²) >= 11 is 0. The number of pyridine rings is 1. The van der Waals surface area contributed by atoms with E-state index in [1.165, 1.54) is 0 Å². The van der Waals surface area contributed by atoms with Crippen LogP contribution in [0, 0.1) is 0 Å². The topological polar surface area (TPSA) is 43.3 Å². The average molecular weight is 213 g/mol. The van der Waals surface area contributed by atoms with Gasteiger partial charge in [0.1, 0.15) is 17.2 Å². The molecule has 0 aromatic carbocycles. The number of allylic oxidation sites excluding steroid dienone is 3. The van der Waals surface area contributed by atoms with Gasteiger partial charge in [0.15, 0.2) is 0 Å². The lowest BCUT2D eigenvalue weighted by molar-refractivity contribution is 1.20. The molecule has 0 bridgehead atoms. The van der Waals surface area contributed by atoms with Crippen molar-refractivity contribution in [3.05, 3.63) is 48.8 Å². The van der Waals surface area contributed by atoms with Crippen molar-refractivity contribution < 1.29 is 0 Å². The van der Waals surface area contributed by atoms with Crippen LogP contribution in [0.2, 0.25) is 0 Å². The molecule has 82 valence electrons. The maximum Gasteiger partial charge on any atom is 0.139 e. The summed E-state index contributed by atoms with van der Waals surface area (Å²) in [5.41, 5.74) is 8.72. The van der Waals surface area contributed by atoms with E-state index in [9.17, 15) is 0 Å². The Bertz CT molecular complexity index is 549. The normalized spacial score (nSPS) is 11.9. The fourth-order valence-electron chi connectivity index (χ4n) is 1.72. The minimum Gasteiger partial charge on any atom is -0.383 e. The van der Waals surface area contributed by atoms with E-state index in [0.29, 0.717) is 5.82 Å². The fraction of sp³-hybridized carbons (Fsp3) is 0.154. The van der Waals surface area contributed by atoms with E-state index in [1.807, 2.05) is 28.8 Å². The minimum atomic E-state index is 0.662. The number of aromatic nitrogens is 2. The smallest absolute Gasteiger partial charge is 0.139 e. The standard InChI is InChI=1S/C13H15N3/c1-3-7-10(4-2)12-13(14)16-9-6-5-8-11(16)15-12/h4-9H,2-3,14H2,1H3/b10-7+. The van der Waals surface area contributed by atoms with Crippen molar-refractivity contribution in [3.63, 3.8) is 0 Å². The van der Waals surface area contributed by atoms with Crippen molar-refractivity contribution >= 4 is 17.0 Å². The van der Waals surface area contributed by atoms with Crippen molar-refractivity contribution in [2.45, 2.75) is 13.3 Å². The van der Waals surface area contributed by atoms with E-state index in [-0.39, 0.29) is 0 Å². The van der Waals surface area contributed by atoms with Gasteiger partial charge in [0.05, 0.1) is 0 Å². The lowest BCUT2D eigenvalue weighted by Crippen LogP contribution is -1.95. The second-order valence-corrected chi connectivity index (χ2v) is 3.55. The first-order valence-corrected chi connectivity index (χ1v) is 5.33. The van der Waals surface area contributed by atoms with Crippen molar-refractivity contribution in [2.24, 2.45) is 0 Å². The molecular weight excluding hydrogens is 198 g/mol. The van der Waals surface area contributed by atoms with Crippen LogP contribution in [0.4, 0.5) is 5.82 Å². The first-order valence-electron chi connectivity index (χ1n) is 5.33.